The maximum atomic E-state index is 13.7. The van der Waals surface area contributed by atoms with Crippen LogP contribution in [0, 0.1) is 17.3 Å². The van der Waals surface area contributed by atoms with Crippen LogP contribution in [0.3, 0.4) is 0 Å². The number of benzene rings is 1. The third-order valence-corrected chi connectivity index (χ3v) is 8.40. The van der Waals surface area contributed by atoms with Crippen molar-refractivity contribution in [1.29, 1.82) is 0 Å². The van der Waals surface area contributed by atoms with Gasteiger partial charge in [-0.25, -0.2) is 0 Å². The van der Waals surface area contributed by atoms with E-state index in [9.17, 15) is 9.90 Å². The van der Waals surface area contributed by atoms with Crippen LogP contribution in [0.15, 0.2) is 30.3 Å². The van der Waals surface area contributed by atoms with Crippen molar-refractivity contribution in [2.24, 2.45) is 17.3 Å². The van der Waals surface area contributed by atoms with Gasteiger partial charge in [-0.1, -0.05) is 36.8 Å². The smallest absolute Gasteiger partial charge is 0.231 e. The molecule has 4 heterocycles. The van der Waals surface area contributed by atoms with E-state index in [-0.39, 0.29) is 12.5 Å². The Kier molecular flexibility index (Phi) is 5.87. The summed E-state index contributed by atoms with van der Waals surface area (Å²) in [6, 6.07) is 12.0. The average Bonchev–Trinajstić information content (AvgIpc) is 2.82. The lowest BCUT2D eigenvalue weighted by Crippen LogP contribution is -2.65. The number of carbonyl (C=O) groups excluding carboxylic acids is 1. The Morgan fingerprint density at radius 2 is 1.87 bits per heavy atom. The number of hydrogen-bond acceptors (Lipinski definition) is 4. The molecule has 4 aliphatic rings. The molecule has 4 aliphatic heterocycles. The van der Waals surface area contributed by atoms with Gasteiger partial charge in [-0.3, -0.25) is 9.69 Å². The van der Waals surface area contributed by atoms with Crippen molar-refractivity contribution in [3.63, 3.8) is 0 Å². The number of aliphatic hydroxyl groups excluding tert-OH is 1. The molecule has 0 saturated carbocycles. The minimum Gasteiger partial charge on any atom is -0.395 e. The van der Waals surface area contributed by atoms with Crippen LogP contribution in [0.5, 0.6) is 0 Å². The third kappa shape index (κ3) is 3.69. The van der Waals surface area contributed by atoms with Gasteiger partial charge in [0, 0.05) is 38.4 Å². The number of aliphatic hydroxyl groups is 1. The molecule has 4 saturated heterocycles. The van der Waals surface area contributed by atoms with Gasteiger partial charge >= 0.3 is 0 Å². The summed E-state index contributed by atoms with van der Waals surface area (Å²) in [5.74, 6) is 1.29. The summed E-state index contributed by atoms with van der Waals surface area (Å²) in [5, 5.41) is 10.2. The van der Waals surface area contributed by atoms with Gasteiger partial charge in [0.1, 0.15) is 0 Å². The number of likely N-dealkylation sites (tertiary alicyclic amines) is 1. The molecule has 5 rings (SSSR count). The molecule has 1 amide bonds. The minimum absolute atomic E-state index is 0.0516. The van der Waals surface area contributed by atoms with E-state index < -0.39 is 5.41 Å². The van der Waals surface area contributed by atoms with E-state index in [1.807, 2.05) is 0 Å². The van der Waals surface area contributed by atoms with Crippen LogP contribution in [0.1, 0.15) is 44.1 Å². The van der Waals surface area contributed by atoms with Gasteiger partial charge in [-0.15, -0.1) is 0 Å². The fourth-order valence-corrected chi connectivity index (χ4v) is 6.75. The first-order chi connectivity index (χ1) is 14.7. The van der Waals surface area contributed by atoms with E-state index in [4.69, 9.17) is 4.74 Å². The monoisotopic (exact) mass is 412 g/mol. The summed E-state index contributed by atoms with van der Waals surface area (Å²) in [6.45, 7) is 4.04. The van der Waals surface area contributed by atoms with Crippen LogP contribution >= 0.6 is 0 Å². The Morgan fingerprint density at radius 1 is 1.10 bits per heavy atom. The molecule has 30 heavy (non-hydrogen) atoms. The first-order valence-corrected chi connectivity index (χ1v) is 12.0. The number of ether oxygens (including phenoxy) is 1. The second kappa shape index (κ2) is 8.60. The van der Waals surface area contributed by atoms with Gasteiger partial charge in [-0.05, 0) is 62.5 Å². The maximum absolute atomic E-state index is 13.7. The largest absolute Gasteiger partial charge is 0.395 e. The Hall–Kier alpha value is -1.43. The van der Waals surface area contributed by atoms with Crippen molar-refractivity contribution < 1.29 is 14.6 Å². The van der Waals surface area contributed by atoms with Crippen LogP contribution in [-0.2, 0) is 16.0 Å². The molecular weight excluding hydrogens is 376 g/mol. The van der Waals surface area contributed by atoms with Crippen molar-refractivity contribution in [2.75, 3.05) is 39.5 Å². The topological polar surface area (TPSA) is 53.0 Å². The first-order valence-electron chi connectivity index (χ1n) is 12.0. The highest BCUT2D eigenvalue weighted by Crippen LogP contribution is 2.43. The Bertz CT molecular complexity index is 733. The Labute approximate surface area is 180 Å². The van der Waals surface area contributed by atoms with E-state index in [0.717, 1.165) is 19.5 Å². The molecule has 0 aromatic heterocycles. The summed E-state index contributed by atoms with van der Waals surface area (Å²) in [4.78, 5) is 18.6. The predicted molar refractivity (Wildman–Crippen MR) is 116 cm³/mol. The number of rotatable bonds is 4. The zero-order valence-electron chi connectivity index (χ0n) is 18.0. The molecule has 0 radical (unpaired) electrons. The van der Waals surface area contributed by atoms with Gasteiger partial charge < -0.3 is 14.7 Å². The molecule has 0 spiro atoms. The number of carbonyl (C=O) groups is 1. The summed E-state index contributed by atoms with van der Waals surface area (Å²) < 4.78 is 5.50. The van der Waals surface area contributed by atoms with E-state index in [1.54, 1.807) is 0 Å². The Balaban J connectivity index is 1.39. The van der Waals surface area contributed by atoms with Crippen molar-refractivity contribution in [3.05, 3.63) is 35.9 Å². The molecule has 5 nitrogen and oxygen atoms in total. The molecule has 1 aromatic rings. The van der Waals surface area contributed by atoms with Gasteiger partial charge in [0.2, 0.25) is 5.91 Å². The summed E-state index contributed by atoms with van der Waals surface area (Å²) in [7, 11) is 0. The highest BCUT2D eigenvalue weighted by atomic mass is 16.5. The lowest BCUT2D eigenvalue weighted by molar-refractivity contribution is -0.160. The summed E-state index contributed by atoms with van der Waals surface area (Å²) in [6.07, 6.45) is 7.51. The quantitative estimate of drug-likeness (QED) is 0.826. The summed E-state index contributed by atoms with van der Waals surface area (Å²) in [5.41, 5.74) is 0.787. The molecule has 0 unspecified atom stereocenters. The predicted octanol–water partition coefficient (Wildman–Crippen LogP) is 2.72. The highest BCUT2D eigenvalue weighted by molar-refractivity contribution is 5.83. The molecule has 1 N–H and O–H groups in total. The number of fused-ring (bicyclic) bond motifs is 4. The van der Waals surface area contributed by atoms with Crippen LogP contribution in [-0.4, -0.2) is 72.4 Å². The second-order valence-electron chi connectivity index (χ2n) is 10.1. The maximum Gasteiger partial charge on any atom is 0.231 e. The zero-order valence-corrected chi connectivity index (χ0v) is 18.0. The lowest BCUT2D eigenvalue weighted by atomic mass is 9.70. The fourth-order valence-electron chi connectivity index (χ4n) is 6.75. The molecule has 5 heteroatoms. The standard InChI is InChI=1S/C25H36N2O3/c28-18-25(9-12-30-13-10-25)24(29)26-16-20-15-21(17-26)23(14-19-6-2-1-3-7-19)27-11-5-4-8-22(20)27/h1-3,6-7,20-23,28H,4-5,8-18H2/t20-,21+,22+,23+/m1/s1. The second-order valence-corrected chi connectivity index (χ2v) is 10.1. The van der Waals surface area contributed by atoms with Crippen molar-refractivity contribution >= 4 is 5.91 Å². The first kappa shape index (κ1) is 20.5. The van der Waals surface area contributed by atoms with E-state index in [0.29, 0.717) is 50.0 Å². The number of hydrogen-bond donors (Lipinski definition) is 1. The van der Waals surface area contributed by atoms with E-state index in [2.05, 4.69) is 40.1 Å². The summed E-state index contributed by atoms with van der Waals surface area (Å²) >= 11 is 0. The molecule has 2 bridgehead atoms. The van der Waals surface area contributed by atoms with Crippen molar-refractivity contribution in [3.8, 4) is 0 Å². The Morgan fingerprint density at radius 3 is 2.63 bits per heavy atom. The van der Waals surface area contributed by atoms with Crippen LogP contribution in [0.25, 0.3) is 0 Å². The molecular formula is C25H36N2O3. The third-order valence-electron chi connectivity index (χ3n) is 8.40. The average molecular weight is 413 g/mol. The normalized spacial score (nSPS) is 33.7. The van der Waals surface area contributed by atoms with E-state index >= 15 is 0 Å². The minimum atomic E-state index is -0.620. The van der Waals surface area contributed by atoms with Gasteiger partial charge in [0.15, 0.2) is 0 Å². The molecule has 4 atom stereocenters. The molecule has 0 aliphatic carbocycles. The van der Waals surface area contributed by atoms with Crippen LogP contribution < -0.4 is 0 Å². The van der Waals surface area contributed by atoms with E-state index in [1.165, 1.54) is 37.8 Å². The van der Waals surface area contributed by atoms with Crippen LogP contribution in [0.2, 0.25) is 0 Å². The lowest BCUT2D eigenvalue weighted by Gasteiger charge is -2.57. The molecule has 1 aromatic carbocycles. The zero-order chi connectivity index (χ0) is 20.6. The van der Waals surface area contributed by atoms with Gasteiger partial charge in [-0.2, -0.15) is 0 Å². The van der Waals surface area contributed by atoms with Crippen LogP contribution in [0.4, 0.5) is 0 Å². The van der Waals surface area contributed by atoms with Crippen molar-refractivity contribution in [2.45, 2.75) is 57.0 Å². The number of piperidine rings is 3. The number of amides is 1. The fraction of sp³-hybridized carbons (Fsp3) is 0.720. The molecule has 164 valence electrons. The SMILES string of the molecule is O=C(N1C[C@H]2C[C@@H](C1)[C@H](Cc1ccccc1)N1CCCC[C@@H]21)C1(CO)CCOCC1. The van der Waals surface area contributed by atoms with Gasteiger partial charge in [0.25, 0.3) is 0 Å². The van der Waals surface area contributed by atoms with Crippen molar-refractivity contribution in [1.82, 2.24) is 9.80 Å². The molecule has 4 fully saturated rings. The number of nitrogens with zero attached hydrogens (tertiary/aromatic N) is 2. The highest BCUT2D eigenvalue weighted by Gasteiger charge is 2.50. The van der Waals surface area contributed by atoms with Gasteiger partial charge in [0.05, 0.1) is 12.0 Å².